The summed E-state index contributed by atoms with van der Waals surface area (Å²) in [6.07, 6.45) is 0. The van der Waals surface area contributed by atoms with E-state index in [-0.39, 0.29) is 5.69 Å². The topological polar surface area (TPSA) is 67.6 Å². The molecule has 72 valence electrons. The molecule has 0 radical (unpaired) electrons. The first-order chi connectivity index (χ1) is 6.66. The molecular weight excluding hydrogens is 183 g/mol. The Hall–Kier alpha value is -1.91. The smallest absolute Gasteiger partial charge is 0.181 e. The average molecular weight is 192 g/mol. The highest BCUT2D eigenvalue weighted by molar-refractivity contribution is 5.58. The molecule has 14 heavy (non-hydrogen) atoms. The van der Waals surface area contributed by atoms with E-state index in [2.05, 4.69) is 15.2 Å². The third kappa shape index (κ3) is 1.44. The van der Waals surface area contributed by atoms with Crippen molar-refractivity contribution < 1.29 is 4.39 Å². The van der Waals surface area contributed by atoms with Gasteiger partial charge in [-0.2, -0.15) is 5.10 Å². The van der Waals surface area contributed by atoms with Crippen molar-refractivity contribution in [2.24, 2.45) is 0 Å². The van der Waals surface area contributed by atoms with Crippen LogP contribution < -0.4 is 5.73 Å². The molecule has 0 spiro atoms. The van der Waals surface area contributed by atoms with E-state index in [9.17, 15) is 4.39 Å². The number of nitrogens with zero attached hydrogens (tertiary/aromatic N) is 2. The van der Waals surface area contributed by atoms with E-state index < -0.39 is 5.82 Å². The first-order valence-electron chi connectivity index (χ1n) is 4.11. The minimum Gasteiger partial charge on any atom is -0.396 e. The Morgan fingerprint density at radius 2 is 2.21 bits per heavy atom. The fourth-order valence-electron chi connectivity index (χ4n) is 1.14. The summed E-state index contributed by atoms with van der Waals surface area (Å²) in [7, 11) is 0. The Balaban J connectivity index is 2.47. The Labute approximate surface area is 80.0 Å². The molecule has 0 amide bonds. The minimum absolute atomic E-state index is 0.126. The van der Waals surface area contributed by atoms with E-state index in [4.69, 9.17) is 5.73 Å². The zero-order valence-corrected chi connectivity index (χ0v) is 7.58. The van der Waals surface area contributed by atoms with Crippen molar-refractivity contribution in [3.05, 3.63) is 29.8 Å². The van der Waals surface area contributed by atoms with Crippen molar-refractivity contribution in [2.75, 3.05) is 5.73 Å². The molecule has 3 N–H and O–H groups in total. The highest BCUT2D eigenvalue weighted by Crippen LogP contribution is 2.19. The van der Waals surface area contributed by atoms with Crippen molar-refractivity contribution in [3.8, 4) is 11.4 Å². The minimum atomic E-state index is -0.454. The van der Waals surface area contributed by atoms with Crippen LogP contribution in [0.3, 0.4) is 0 Å². The standard InChI is InChI=1S/C9H9FN4/c1-5-12-9(14-13-5)6-2-3-8(11)7(10)4-6/h2-4H,11H2,1H3,(H,12,13,14). The molecule has 0 fully saturated rings. The van der Waals surface area contributed by atoms with Crippen LogP contribution in [0.25, 0.3) is 11.4 Å². The third-order valence-electron chi connectivity index (χ3n) is 1.86. The molecule has 0 aliphatic carbocycles. The lowest BCUT2D eigenvalue weighted by atomic mass is 10.2. The number of benzene rings is 1. The van der Waals surface area contributed by atoms with Gasteiger partial charge in [0.25, 0.3) is 0 Å². The normalized spacial score (nSPS) is 10.4. The maximum atomic E-state index is 13.1. The second-order valence-corrected chi connectivity index (χ2v) is 2.98. The molecule has 1 aromatic carbocycles. The molecule has 0 aliphatic heterocycles. The number of hydrogen-bond acceptors (Lipinski definition) is 3. The van der Waals surface area contributed by atoms with Gasteiger partial charge in [0.15, 0.2) is 5.82 Å². The molecule has 0 bridgehead atoms. The Kier molecular flexibility index (Phi) is 1.92. The van der Waals surface area contributed by atoms with Gasteiger partial charge in [-0.05, 0) is 25.1 Å². The monoisotopic (exact) mass is 192 g/mol. The summed E-state index contributed by atoms with van der Waals surface area (Å²) in [5.41, 5.74) is 6.09. The quantitative estimate of drug-likeness (QED) is 0.673. The number of rotatable bonds is 1. The Morgan fingerprint density at radius 1 is 1.43 bits per heavy atom. The highest BCUT2D eigenvalue weighted by Gasteiger charge is 2.06. The third-order valence-corrected chi connectivity index (χ3v) is 1.86. The molecule has 0 aliphatic rings. The van der Waals surface area contributed by atoms with Gasteiger partial charge in [0.05, 0.1) is 5.69 Å². The zero-order chi connectivity index (χ0) is 10.1. The van der Waals surface area contributed by atoms with Crippen LogP contribution in [0.15, 0.2) is 18.2 Å². The van der Waals surface area contributed by atoms with E-state index >= 15 is 0 Å². The fraction of sp³-hybridized carbons (Fsp3) is 0.111. The van der Waals surface area contributed by atoms with Gasteiger partial charge in [-0.15, -0.1) is 0 Å². The molecule has 2 rings (SSSR count). The van der Waals surface area contributed by atoms with E-state index in [1.54, 1.807) is 13.0 Å². The maximum Gasteiger partial charge on any atom is 0.181 e. The molecular formula is C9H9FN4. The lowest BCUT2D eigenvalue weighted by Crippen LogP contribution is -1.91. The lowest BCUT2D eigenvalue weighted by Gasteiger charge is -1.98. The molecule has 0 unspecified atom stereocenters. The van der Waals surface area contributed by atoms with Crippen LogP contribution in [-0.4, -0.2) is 15.2 Å². The highest BCUT2D eigenvalue weighted by atomic mass is 19.1. The second-order valence-electron chi connectivity index (χ2n) is 2.98. The number of aryl methyl sites for hydroxylation is 1. The summed E-state index contributed by atoms with van der Waals surface area (Å²) in [5, 5.41) is 6.60. The predicted octanol–water partition coefficient (Wildman–Crippen LogP) is 1.50. The molecule has 2 aromatic rings. The van der Waals surface area contributed by atoms with Crippen LogP contribution in [0.4, 0.5) is 10.1 Å². The number of aromatic nitrogens is 3. The fourth-order valence-corrected chi connectivity index (χ4v) is 1.14. The van der Waals surface area contributed by atoms with Gasteiger partial charge in [-0.3, -0.25) is 5.10 Å². The van der Waals surface area contributed by atoms with Crippen LogP contribution in [0.5, 0.6) is 0 Å². The molecule has 1 heterocycles. The number of nitrogens with one attached hydrogen (secondary N) is 1. The van der Waals surface area contributed by atoms with Gasteiger partial charge in [-0.1, -0.05) is 0 Å². The predicted molar refractivity (Wildman–Crippen MR) is 50.9 cm³/mol. The zero-order valence-electron chi connectivity index (χ0n) is 7.58. The van der Waals surface area contributed by atoms with E-state index in [1.165, 1.54) is 12.1 Å². The van der Waals surface area contributed by atoms with Crippen LogP contribution in [0.1, 0.15) is 5.82 Å². The summed E-state index contributed by atoms with van der Waals surface area (Å²) in [5.74, 6) is 0.712. The number of anilines is 1. The first kappa shape index (κ1) is 8.68. The van der Waals surface area contributed by atoms with Gasteiger partial charge in [-0.25, -0.2) is 9.37 Å². The SMILES string of the molecule is Cc1nc(-c2ccc(N)c(F)c2)n[nH]1. The van der Waals surface area contributed by atoms with Gasteiger partial charge in [0.1, 0.15) is 11.6 Å². The number of H-pyrrole nitrogens is 1. The molecule has 4 nitrogen and oxygen atoms in total. The van der Waals surface area contributed by atoms with E-state index in [1.807, 2.05) is 0 Å². The Morgan fingerprint density at radius 3 is 2.79 bits per heavy atom. The molecule has 1 aromatic heterocycles. The van der Waals surface area contributed by atoms with Crippen molar-refractivity contribution in [1.82, 2.24) is 15.2 Å². The lowest BCUT2D eigenvalue weighted by molar-refractivity contribution is 0.633. The molecule has 0 atom stereocenters. The van der Waals surface area contributed by atoms with Crippen LogP contribution >= 0.6 is 0 Å². The summed E-state index contributed by atoms with van der Waals surface area (Å²) in [6.45, 7) is 1.78. The first-order valence-corrected chi connectivity index (χ1v) is 4.11. The van der Waals surface area contributed by atoms with Crippen LogP contribution in [-0.2, 0) is 0 Å². The number of hydrogen-bond donors (Lipinski definition) is 2. The van der Waals surface area contributed by atoms with Gasteiger partial charge >= 0.3 is 0 Å². The van der Waals surface area contributed by atoms with E-state index in [0.29, 0.717) is 17.2 Å². The van der Waals surface area contributed by atoms with Gasteiger partial charge in [0.2, 0.25) is 0 Å². The number of nitrogens with two attached hydrogens (primary N) is 1. The molecule has 0 saturated heterocycles. The van der Waals surface area contributed by atoms with E-state index in [0.717, 1.165) is 0 Å². The van der Waals surface area contributed by atoms with Crippen molar-refractivity contribution in [3.63, 3.8) is 0 Å². The average Bonchev–Trinajstić information content (AvgIpc) is 2.57. The van der Waals surface area contributed by atoms with Crippen LogP contribution in [0, 0.1) is 12.7 Å². The largest absolute Gasteiger partial charge is 0.396 e. The van der Waals surface area contributed by atoms with Crippen molar-refractivity contribution >= 4 is 5.69 Å². The summed E-state index contributed by atoms with van der Waals surface area (Å²) in [4.78, 5) is 4.08. The number of nitrogen functional groups attached to an aromatic ring is 1. The molecule has 5 heteroatoms. The summed E-state index contributed by atoms with van der Waals surface area (Å²) >= 11 is 0. The van der Waals surface area contributed by atoms with Gasteiger partial charge < -0.3 is 5.73 Å². The van der Waals surface area contributed by atoms with Crippen molar-refractivity contribution in [2.45, 2.75) is 6.92 Å². The summed E-state index contributed by atoms with van der Waals surface area (Å²) < 4.78 is 13.1. The molecule has 0 saturated carbocycles. The number of halogens is 1. The van der Waals surface area contributed by atoms with Gasteiger partial charge in [0, 0.05) is 5.56 Å². The second kappa shape index (κ2) is 3.10. The van der Waals surface area contributed by atoms with Crippen molar-refractivity contribution in [1.29, 1.82) is 0 Å². The Bertz CT molecular complexity index is 464. The number of aromatic amines is 1. The maximum absolute atomic E-state index is 13.1. The summed E-state index contributed by atoms with van der Waals surface area (Å²) in [6, 6.07) is 4.50. The van der Waals surface area contributed by atoms with Crippen LogP contribution in [0.2, 0.25) is 0 Å².